The van der Waals surface area contributed by atoms with Gasteiger partial charge in [-0.25, -0.2) is 0 Å². The molecule has 0 radical (unpaired) electrons. The van der Waals surface area contributed by atoms with Gasteiger partial charge in [0.1, 0.15) is 0 Å². The lowest BCUT2D eigenvalue weighted by atomic mass is 10.1. The molecule has 116 valence electrons. The topological polar surface area (TPSA) is 33.3 Å². The van der Waals surface area contributed by atoms with Gasteiger partial charge in [0.15, 0.2) is 5.11 Å². The van der Waals surface area contributed by atoms with E-state index in [0.717, 1.165) is 26.0 Å². The van der Waals surface area contributed by atoms with E-state index in [0.29, 0.717) is 5.11 Å². The Balaban J connectivity index is 1.64. The van der Waals surface area contributed by atoms with Crippen molar-refractivity contribution in [2.24, 2.45) is 0 Å². The third-order valence-electron chi connectivity index (χ3n) is 3.75. The Bertz CT molecular complexity index is 580. The lowest BCUT2D eigenvalue weighted by Crippen LogP contribution is -2.41. The first-order chi connectivity index (χ1) is 10.8. The second-order valence-electron chi connectivity index (χ2n) is 5.35. The van der Waals surface area contributed by atoms with Crippen molar-refractivity contribution in [3.8, 4) is 0 Å². The minimum Gasteiger partial charge on any atom is -0.376 e. The van der Waals surface area contributed by atoms with Crippen molar-refractivity contribution >= 4 is 28.7 Å². The molecule has 2 atom stereocenters. The molecule has 2 heterocycles. The average Bonchev–Trinajstić information content (AvgIpc) is 3.25. The molecule has 1 saturated heterocycles. The van der Waals surface area contributed by atoms with Crippen LogP contribution in [0.1, 0.15) is 29.3 Å². The largest absolute Gasteiger partial charge is 0.376 e. The molecule has 0 saturated carbocycles. The number of hydrogen-bond donors (Lipinski definition) is 2. The van der Waals surface area contributed by atoms with Crippen molar-refractivity contribution in [3.05, 3.63) is 58.3 Å². The Kier molecular flexibility index (Phi) is 5.43. The van der Waals surface area contributed by atoms with Crippen LogP contribution in [-0.2, 0) is 4.74 Å². The monoisotopic (exact) mass is 332 g/mol. The van der Waals surface area contributed by atoms with Gasteiger partial charge in [0.25, 0.3) is 0 Å². The highest BCUT2D eigenvalue weighted by Gasteiger charge is 2.18. The number of thiocarbonyl (C=S) groups is 1. The molecule has 1 aliphatic heterocycles. The summed E-state index contributed by atoms with van der Waals surface area (Å²) in [5.74, 6) is 0. The number of nitrogens with one attached hydrogen (secondary N) is 2. The summed E-state index contributed by atoms with van der Waals surface area (Å²) in [4.78, 5) is 1.26. The summed E-state index contributed by atoms with van der Waals surface area (Å²) in [5, 5.41) is 9.49. The zero-order valence-corrected chi connectivity index (χ0v) is 14.0. The summed E-state index contributed by atoms with van der Waals surface area (Å²) >= 11 is 7.20. The van der Waals surface area contributed by atoms with Gasteiger partial charge in [0.2, 0.25) is 0 Å². The van der Waals surface area contributed by atoms with Crippen molar-refractivity contribution < 1.29 is 4.74 Å². The van der Waals surface area contributed by atoms with Crippen molar-refractivity contribution in [2.45, 2.75) is 25.0 Å². The molecule has 5 heteroatoms. The van der Waals surface area contributed by atoms with Gasteiger partial charge in [0, 0.05) is 18.0 Å². The van der Waals surface area contributed by atoms with E-state index in [1.807, 2.05) is 6.07 Å². The Morgan fingerprint density at radius 1 is 1.27 bits per heavy atom. The normalized spacial score (nSPS) is 18.8. The number of benzene rings is 1. The molecule has 0 amide bonds. The molecule has 1 aromatic carbocycles. The third-order valence-corrected chi connectivity index (χ3v) is 4.95. The maximum absolute atomic E-state index is 5.62. The van der Waals surface area contributed by atoms with Crippen LogP contribution in [0.5, 0.6) is 0 Å². The van der Waals surface area contributed by atoms with Crippen LogP contribution in [-0.4, -0.2) is 24.4 Å². The summed E-state index contributed by atoms with van der Waals surface area (Å²) in [6, 6.07) is 14.7. The lowest BCUT2D eigenvalue weighted by molar-refractivity contribution is 0.114. The first kappa shape index (κ1) is 15.5. The predicted octanol–water partition coefficient (Wildman–Crippen LogP) is 3.48. The van der Waals surface area contributed by atoms with E-state index in [1.54, 1.807) is 11.3 Å². The average molecular weight is 332 g/mol. The molecule has 0 spiro atoms. The molecule has 22 heavy (non-hydrogen) atoms. The van der Waals surface area contributed by atoms with E-state index in [-0.39, 0.29) is 12.1 Å². The Morgan fingerprint density at radius 3 is 2.82 bits per heavy atom. The van der Waals surface area contributed by atoms with Crippen LogP contribution in [0.2, 0.25) is 0 Å². The summed E-state index contributed by atoms with van der Waals surface area (Å²) in [5.41, 5.74) is 1.21. The maximum atomic E-state index is 5.62. The van der Waals surface area contributed by atoms with Crippen molar-refractivity contribution in [1.29, 1.82) is 0 Å². The van der Waals surface area contributed by atoms with E-state index in [4.69, 9.17) is 17.0 Å². The molecule has 0 bridgehead atoms. The van der Waals surface area contributed by atoms with E-state index in [9.17, 15) is 0 Å². The van der Waals surface area contributed by atoms with Crippen molar-refractivity contribution in [2.75, 3.05) is 13.2 Å². The van der Waals surface area contributed by atoms with Gasteiger partial charge >= 0.3 is 0 Å². The quantitative estimate of drug-likeness (QED) is 0.821. The molecule has 3 rings (SSSR count). The van der Waals surface area contributed by atoms with Gasteiger partial charge in [-0.15, -0.1) is 11.3 Å². The summed E-state index contributed by atoms with van der Waals surface area (Å²) in [6.07, 6.45) is 2.55. The Morgan fingerprint density at radius 2 is 2.14 bits per heavy atom. The molecular weight excluding hydrogens is 312 g/mol. The highest BCUT2D eigenvalue weighted by Crippen LogP contribution is 2.25. The lowest BCUT2D eigenvalue weighted by Gasteiger charge is -2.21. The van der Waals surface area contributed by atoms with E-state index >= 15 is 0 Å². The van der Waals surface area contributed by atoms with Crippen LogP contribution >= 0.6 is 23.6 Å². The van der Waals surface area contributed by atoms with Crippen LogP contribution in [0.15, 0.2) is 47.8 Å². The van der Waals surface area contributed by atoms with Crippen molar-refractivity contribution in [3.63, 3.8) is 0 Å². The van der Waals surface area contributed by atoms with E-state index in [2.05, 4.69) is 52.4 Å². The predicted molar refractivity (Wildman–Crippen MR) is 95.3 cm³/mol. The SMILES string of the molecule is S=C(NC[C@@H]1CCCO1)N[C@H](c1ccccc1)c1cccs1. The molecule has 2 N–H and O–H groups in total. The second kappa shape index (κ2) is 7.72. The van der Waals surface area contributed by atoms with Crippen LogP contribution in [0.3, 0.4) is 0 Å². The summed E-state index contributed by atoms with van der Waals surface area (Å²) in [7, 11) is 0. The van der Waals surface area contributed by atoms with Gasteiger partial charge in [-0.05, 0) is 42.1 Å². The first-order valence-electron chi connectivity index (χ1n) is 7.57. The zero-order valence-electron chi connectivity index (χ0n) is 12.3. The molecule has 1 aromatic heterocycles. The maximum Gasteiger partial charge on any atom is 0.167 e. The smallest absolute Gasteiger partial charge is 0.167 e. The fourth-order valence-electron chi connectivity index (χ4n) is 2.61. The number of thiophene rings is 1. The molecule has 0 aliphatic carbocycles. The van der Waals surface area contributed by atoms with E-state index in [1.165, 1.54) is 10.4 Å². The minimum atomic E-state index is 0.0886. The minimum absolute atomic E-state index is 0.0886. The molecule has 1 aliphatic rings. The summed E-state index contributed by atoms with van der Waals surface area (Å²) < 4.78 is 5.62. The van der Waals surface area contributed by atoms with Gasteiger partial charge in [-0.3, -0.25) is 0 Å². The van der Waals surface area contributed by atoms with Crippen molar-refractivity contribution in [1.82, 2.24) is 10.6 Å². The standard InChI is InChI=1S/C17H20N2OS2/c21-17(18-12-14-8-4-10-20-14)19-16(15-9-5-11-22-15)13-6-2-1-3-7-13/h1-3,5-7,9,11,14,16H,4,8,10,12H2,(H2,18,19,21)/t14-,16+/m0/s1. The summed E-state index contributed by atoms with van der Waals surface area (Å²) in [6.45, 7) is 1.64. The molecular formula is C17H20N2OS2. The number of hydrogen-bond acceptors (Lipinski definition) is 3. The van der Waals surface area contributed by atoms with Gasteiger partial charge in [0.05, 0.1) is 12.1 Å². The van der Waals surface area contributed by atoms with Crippen LogP contribution < -0.4 is 10.6 Å². The van der Waals surface area contributed by atoms with E-state index < -0.39 is 0 Å². The fourth-order valence-corrected chi connectivity index (χ4v) is 3.62. The fraction of sp³-hybridized carbons (Fsp3) is 0.353. The Labute approximate surface area is 140 Å². The van der Waals surface area contributed by atoms with Crippen LogP contribution in [0.4, 0.5) is 0 Å². The molecule has 3 nitrogen and oxygen atoms in total. The highest BCUT2D eigenvalue weighted by molar-refractivity contribution is 7.80. The second-order valence-corrected chi connectivity index (χ2v) is 6.74. The molecule has 0 unspecified atom stereocenters. The molecule has 2 aromatic rings. The number of rotatable bonds is 5. The van der Waals surface area contributed by atoms with Gasteiger partial charge < -0.3 is 15.4 Å². The van der Waals surface area contributed by atoms with Gasteiger partial charge in [-0.2, -0.15) is 0 Å². The Hall–Kier alpha value is -1.43. The number of ether oxygens (including phenoxy) is 1. The van der Waals surface area contributed by atoms with Crippen LogP contribution in [0.25, 0.3) is 0 Å². The molecule has 1 fully saturated rings. The third kappa shape index (κ3) is 4.06. The first-order valence-corrected chi connectivity index (χ1v) is 8.86. The highest BCUT2D eigenvalue weighted by atomic mass is 32.1. The van der Waals surface area contributed by atoms with Gasteiger partial charge in [-0.1, -0.05) is 36.4 Å². The zero-order chi connectivity index (χ0) is 15.2. The van der Waals surface area contributed by atoms with Crippen LogP contribution in [0, 0.1) is 0 Å².